The number of carbonyl (C=O) groups is 2. The molecule has 0 aromatic rings. The zero-order valence-corrected chi connectivity index (χ0v) is 10.8. The predicted octanol–water partition coefficient (Wildman–Crippen LogP) is 0.734. The first-order valence-electron chi connectivity index (χ1n) is 5.23. The van der Waals surface area contributed by atoms with Gasteiger partial charge < -0.3 is 15.2 Å². The number of rotatable bonds is 0. The van der Waals surface area contributed by atoms with Crippen molar-refractivity contribution >= 4 is 23.8 Å². The number of amides is 1. The lowest BCUT2D eigenvalue weighted by atomic mass is 10.1. The molecule has 1 amide bonds. The molecule has 2 rings (SSSR count). The van der Waals surface area contributed by atoms with E-state index in [0.717, 1.165) is 25.4 Å². The van der Waals surface area contributed by atoms with Crippen molar-refractivity contribution < 1.29 is 32.6 Å². The topological polar surface area (TPSA) is 78.9 Å². The van der Waals surface area contributed by atoms with Gasteiger partial charge in [0.2, 0.25) is 0 Å². The molecule has 2 fully saturated rings. The van der Waals surface area contributed by atoms with Gasteiger partial charge in [-0.15, -0.1) is 11.8 Å². The molecule has 0 radical (unpaired) electrons. The van der Waals surface area contributed by atoms with Gasteiger partial charge in [0, 0.05) is 25.4 Å². The molecule has 0 aliphatic carbocycles. The monoisotopic (exact) mass is 302 g/mol. The third kappa shape index (κ3) is 3.66. The van der Waals surface area contributed by atoms with Crippen LogP contribution in [0.4, 0.5) is 18.0 Å². The van der Waals surface area contributed by atoms with E-state index in [-0.39, 0.29) is 11.0 Å². The van der Waals surface area contributed by atoms with Crippen LogP contribution in [0.15, 0.2) is 0 Å². The number of methoxy groups -OCH3 is 1. The van der Waals surface area contributed by atoms with Crippen LogP contribution in [0.25, 0.3) is 0 Å². The average molecular weight is 302 g/mol. The summed E-state index contributed by atoms with van der Waals surface area (Å²) in [6.07, 6.45) is -5.28. The van der Waals surface area contributed by atoms with Gasteiger partial charge in [-0.3, -0.25) is 4.90 Å². The molecule has 0 aromatic heterocycles. The van der Waals surface area contributed by atoms with Crippen molar-refractivity contribution in [3.8, 4) is 0 Å². The number of hydrogen-bond donors (Lipinski definition) is 2. The molecule has 0 bridgehead atoms. The summed E-state index contributed by atoms with van der Waals surface area (Å²) in [6.45, 7) is 2.61. The first kappa shape index (κ1) is 15.9. The van der Waals surface area contributed by atoms with Gasteiger partial charge in [0.15, 0.2) is 0 Å². The molecule has 19 heavy (non-hydrogen) atoms. The van der Waals surface area contributed by atoms with Crippen molar-refractivity contribution in [2.24, 2.45) is 0 Å². The maximum absolute atomic E-state index is 11.3. The largest absolute Gasteiger partial charge is 0.490 e. The molecule has 2 N–H and O–H groups in total. The van der Waals surface area contributed by atoms with Gasteiger partial charge in [-0.2, -0.15) is 13.2 Å². The van der Waals surface area contributed by atoms with Crippen molar-refractivity contribution in [3.63, 3.8) is 0 Å². The molecule has 2 aliphatic heterocycles. The van der Waals surface area contributed by atoms with Crippen molar-refractivity contribution in [1.29, 1.82) is 0 Å². The highest BCUT2D eigenvalue weighted by Gasteiger charge is 2.49. The zero-order chi connectivity index (χ0) is 14.7. The van der Waals surface area contributed by atoms with Crippen LogP contribution in [0.3, 0.4) is 0 Å². The summed E-state index contributed by atoms with van der Waals surface area (Å²) in [5.41, 5.74) is 0. The van der Waals surface area contributed by atoms with E-state index in [1.807, 2.05) is 16.7 Å². The summed E-state index contributed by atoms with van der Waals surface area (Å²) in [6, 6.07) is 0. The molecule has 1 spiro atoms. The lowest BCUT2D eigenvalue weighted by Gasteiger charge is -2.44. The van der Waals surface area contributed by atoms with Crippen LogP contribution in [0.1, 0.15) is 0 Å². The van der Waals surface area contributed by atoms with Crippen molar-refractivity contribution in [1.82, 2.24) is 10.2 Å². The van der Waals surface area contributed by atoms with Gasteiger partial charge in [-0.25, -0.2) is 9.59 Å². The molecule has 0 atom stereocenters. The quantitative estimate of drug-likeness (QED) is 0.687. The van der Waals surface area contributed by atoms with Crippen molar-refractivity contribution in [2.75, 3.05) is 32.5 Å². The number of thioether (sulfide) groups is 1. The van der Waals surface area contributed by atoms with Crippen molar-refractivity contribution in [3.05, 3.63) is 0 Å². The van der Waals surface area contributed by atoms with Gasteiger partial charge >= 0.3 is 18.2 Å². The maximum Gasteiger partial charge on any atom is 0.490 e. The van der Waals surface area contributed by atoms with Gasteiger partial charge in [0.1, 0.15) is 4.87 Å². The number of carboxylic acid groups (broad SMARTS) is 1. The number of carboxylic acids is 1. The minimum Gasteiger partial charge on any atom is -0.475 e. The van der Waals surface area contributed by atoms with E-state index in [1.165, 1.54) is 7.11 Å². The fourth-order valence-corrected chi connectivity index (χ4v) is 2.99. The number of hydrogen-bond acceptors (Lipinski definition) is 5. The summed E-state index contributed by atoms with van der Waals surface area (Å²) in [7, 11) is 1.44. The van der Waals surface area contributed by atoms with Crippen LogP contribution in [0, 0.1) is 0 Å². The molecule has 2 aliphatic rings. The Kier molecular flexibility index (Phi) is 4.91. The van der Waals surface area contributed by atoms with Crippen LogP contribution < -0.4 is 5.32 Å². The maximum atomic E-state index is 11.3. The van der Waals surface area contributed by atoms with Crippen LogP contribution in [-0.2, 0) is 9.53 Å². The molecular weight excluding hydrogens is 289 g/mol. The third-order valence-electron chi connectivity index (χ3n) is 2.62. The number of halogens is 3. The molecule has 6 nitrogen and oxygen atoms in total. The highest BCUT2D eigenvalue weighted by molar-refractivity contribution is 8.01. The van der Waals surface area contributed by atoms with E-state index in [4.69, 9.17) is 14.6 Å². The van der Waals surface area contributed by atoms with Crippen molar-refractivity contribution in [2.45, 2.75) is 11.0 Å². The molecule has 0 saturated carbocycles. The lowest BCUT2D eigenvalue weighted by Crippen LogP contribution is -2.65. The van der Waals surface area contributed by atoms with Gasteiger partial charge in [-0.05, 0) is 0 Å². The Morgan fingerprint density at radius 3 is 2.26 bits per heavy atom. The second-order valence-electron chi connectivity index (χ2n) is 3.82. The van der Waals surface area contributed by atoms with E-state index in [0.29, 0.717) is 0 Å². The van der Waals surface area contributed by atoms with Crippen LogP contribution in [0.5, 0.6) is 0 Å². The van der Waals surface area contributed by atoms with Gasteiger partial charge in [-0.1, -0.05) is 0 Å². The smallest absolute Gasteiger partial charge is 0.475 e. The van der Waals surface area contributed by atoms with E-state index in [2.05, 4.69) is 5.32 Å². The first-order valence-corrected chi connectivity index (χ1v) is 6.22. The molecule has 0 aromatic carbocycles. The average Bonchev–Trinajstić information content (AvgIpc) is 2.71. The fraction of sp³-hybridized carbons (Fsp3) is 0.778. The number of nitrogens with zero attached hydrogens (tertiary/aromatic N) is 1. The van der Waals surface area contributed by atoms with E-state index in [1.54, 1.807) is 0 Å². The number of nitrogens with one attached hydrogen (secondary N) is 1. The molecular formula is C9H13F3N2O4S. The predicted molar refractivity (Wildman–Crippen MR) is 60.9 cm³/mol. The minimum atomic E-state index is -5.08. The summed E-state index contributed by atoms with van der Waals surface area (Å²) < 4.78 is 36.4. The second kappa shape index (κ2) is 5.87. The molecule has 10 heteroatoms. The van der Waals surface area contributed by atoms with E-state index in [9.17, 15) is 18.0 Å². The molecule has 110 valence electrons. The van der Waals surface area contributed by atoms with Crippen LogP contribution in [0.2, 0.25) is 0 Å². The summed E-state index contributed by atoms with van der Waals surface area (Å²) in [5.74, 6) is -1.73. The Labute approximate surface area is 111 Å². The normalized spacial score (nSPS) is 20.3. The van der Waals surface area contributed by atoms with Gasteiger partial charge in [0.25, 0.3) is 0 Å². The Morgan fingerprint density at radius 2 is 1.95 bits per heavy atom. The lowest BCUT2D eigenvalue weighted by molar-refractivity contribution is -0.192. The summed E-state index contributed by atoms with van der Waals surface area (Å²) in [4.78, 5) is 22.0. The minimum absolute atomic E-state index is 0.0209. The Bertz CT molecular complexity index is 360. The molecule has 2 saturated heterocycles. The third-order valence-corrected chi connectivity index (χ3v) is 4.05. The van der Waals surface area contributed by atoms with Crippen LogP contribution in [-0.4, -0.2) is 65.6 Å². The number of aliphatic carboxylic acids is 1. The molecule has 2 heterocycles. The van der Waals surface area contributed by atoms with E-state index < -0.39 is 12.1 Å². The number of ether oxygens (including phenoxy) is 1. The highest BCUT2D eigenvalue weighted by atomic mass is 32.2. The summed E-state index contributed by atoms with van der Waals surface area (Å²) >= 11 is 1.85. The Hall–Kier alpha value is -1.16. The zero-order valence-electron chi connectivity index (χ0n) is 9.99. The molecule has 0 unspecified atom stereocenters. The van der Waals surface area contributed by atoms with E-state index >= 15 is 0 Å². The van der Waals surface area contributed by atoms with Crippen LogP contribution >= 0.6 is 11.8 Å². The standard InChI is InChI=1S/C7H12N2O2S.C2HF3O2/c1-11-6(10)9-2-3-12-7(9)4-8-5-7;3-2(4,5)1(6)7/h8H,2-5H2,1H3;(H,6,7). The fourth-order valence-electron chi connectivity index (χ4n) is 1.61. The number of carbonyl (C=O) groups excluding carboxylic acids is 1. The Balaban J connectivity index is 0.000000224. The first-order chi connectivity index (χ1) is 8.73. The summed E-state index contributed by atoms with van der Waals surface area (Å²) in [5, 5.41) is 10.3. The SMILES string of the molecule is COC(=O)N1CCSC12CNC2.O=C(O)C(F)(F)F. The number of alkyl halides is 3. The van der Waals surface area contributed by atoms with Gasteiger partial charge in [0.05, 0.1) is 7.11 Å². The highest BCUT2D eigenvalue weighted by Crippen LogP contribution is 2.38. The Morgan fingerprint density at radius 1 is 1.42 bits per heavy atom. The second-order valence-corrected chi connectivity index (χ2v) is 5.28.